The van der Waals surface area contributed by atoms with Gasteiger partial charge < -0.3 is 5.32 Å². The van der Waals surface area contributed by atoms with Gasteiger partial charge in [0, 0.05) is 12.1 Å². The Kier molecular flexibility index (Phi) is 4.35. The number of non-ortho nitro benzene ring substituents is 1. The Labute approximate surface area is 112 Å². The minimum absolute atomic E-state index is 0.211. The molecule has 0 heterocycles. The first kappa shape index (κ1) is 13.8. The molecule has 0 saturated heterocycles. The fourth-order valence-corrected chi connectivity index (χ4v) is 2.64. The van der Waals surface area contributed by atoms with E-state index in [0.29, 0.717) is 11.6 Å². The Hall–Kier alpha value is -1.65. The number of nitrogens with one attached hydrogen (secondary N) is 1. The standard InChI is InChI=1S/C14H19FN2O2/c1-10-5-3-2-4-6-13(10)16-14-8-7-11(17(18)19)9-12(14)15/h7-10,13,16H,2-6H2,1H3. The van der Waals surface area contributed by atoms with Gasteiger partial charge in [-0.05, 0) is 24.8 Å². The molecule has 1 aliphatic carbocycles. The van der Waals surface area contributed by atoms with Crippen LogP contribution in [-0.2, 0) is 0 Å². The van der Waals surface area contributed by atoms with E-state index >= 15 is 0 Å². The molecule has 2 unspecified atom stereocenters. The van der Waals surface area contributed by atoms with Crippen LogP contribution in [0.4, 0.5) is 15.8 Å². The molecule has 1 N–H and O–H groups in total. The van der Waals surface area contributed by atoms with Gasteiger partial charge in [0.2, 0.25) is 0 Å². The molecule has 0 radical (unpaired) electrons. The molecule has 4 nitrogen and oxygen atoms in total. The molecular weight excluding hydrogens is 247 g/mol. The average molecular weight is 266 g/mol. The van der Waals surface area contributed by atoms with Gasteiger partial charge in [-0.25, -0.2) is 4.39 Å². The number of nitrogens with zero attached hydrogens (tertiary/aromatic N) is 1. The first-order chi connectivity index (χ1) is 9.08. The second-order valence-corrected chi connectivity index (χ2v) is 5.29. The lowest BCUT2D eigenvalue weighted by molar-refractivity contribution is -0.385. The summed E-state index contributed by atoms with van der Waals surface area (Å²) in [5, 5.41) is 13.8. The van der Waals surface area contributed by atoms with Gasteiger partial charge in [-0.1, -0.05) is 26.2 Å². The second-order valence-electron chi connectivity index (χ2n) is 5.29. The lowest BCUT2D eigenvalue weighted by atomic mass is 9.96. The monoisotopic (exact) mass is 266 g/mol. The molecule has 0 spiro atoms. The number of nitro benzene ring substituents is 1. The van der Waals surface area contributed by atoms with Gasteiger partial charge in [0.05, 0.1) is 16.7 Å². The molecule has 0 aromatic heterocycles. The number of halogens is 1. The summed E-state index contributed by atoms with van der Waals surface area (Å²) in [6.07, 6.45) is 5.77. The smallest absolute Gasteiger partial charge is 0.272 e. The molecule has 1 aromatic rings. The molecule has 1 aromatic carbocycles. The van der Waals surface area contributed by atoms with Gasteiger partial charge >= 0.3 is 0 Å². The first-order valence-corrected chi connectivity index (χ1v) is 6.78. The van der Waals surface area contributed by atoms with Crippen LogP contribution < -0.4 is 5.32 Å². The van der Waals surface area contributed by atoms with E-state index in [1.807, 2.05) is 0 Å². The van der Waals surface area contributed by atoms with Crippen LogP contribution >= 0.6 is 0 Å². The van der Waals surface area contributed by atoms with Crippen LogP contribution in [0.25, 0.3) is 0 Å². The maximum absolute atomic E-state index is 13.8. The zero-order valence-electron chi connectivity index (χ0n) is 11.1. The zero-order valence-corrected chi connectivity index (χ0v) is 11.1. The first-order valence-electron chi connectivity index (χ1n) is 6.78. The van der Waals surface area contributed by atoms with Crippen molar-refractivity contribution in [3.8, 4) is 0 Å². The highest BCUT2D eigenvalue weighted by atomic mass is 19.1. The lowest BCUT2D eigenvalue weighted by Crippen LogP contribution is -2.26. The van der Waals surface area contributed by atoms with Crippen molar-refractivity contribution in [3.05, 3.63) is 34.1 Å². The summed E-state index contributed by atoms with van der Waals surface area (Å²) in [5.41, 5.74) is 0.154. The lowest BCUT2D eigenvalue weighted by Gasteiger charge is -2.24. The molecule has 5 heteroatoms. The summed E-state index contributed by atoms with van der Waals surface area (Å²) in [5.74, 6) is -0.0530. The average Bonchev–Trinajstić information content (AvgIpc) is 2.57. The minimum atomic E-state index is -0.582. The minimum Gasteiger partial charge on any atom is -0.380 e. The molecule has 0 bridgehead atoms. The second kappa shape index (κ2) is 5.99. The summed E-state index contributed by atoms with van der Waals surface area (Å²) >= 11 is 0. The summed E-state index contributed by atoms with van der Waals surface area (Å²) in [4.78, 5) is 9.99. The van der Waals surface area contributed by atoms with Crippen molar-refractivity contribution in [1.82, 2.24) is 0 Å². The van der Waals surface area contributed by atoms with Crippen LogP contribution in [0, 0.1) is 21.8 Å². The largest absolute Gasteiger partial charge is 0.380 e. The van der Waals surface area contributed by atoms with E-state index < -0.39 is 10.7 Å². The molecule has 0 amide bonds. The summed E-state index contributed by atoms with van der Waals surface area (Å²) in [6, 6.07) is 4.03. The molecule has 2 atom stereocenters. The van der Waals surface area contributed by atoms with Gasteiger partial charge in [-0.2, -0.15) is 0 Å². The van der Waals surface area contributed by atoms with Gasteiger partial charge in [-0.3, -0.25) is 10.1 Å². The molecule has 0 aliphatic heterocycles. The van der Waals surface area contributed by atoms with Gasteiger partial charge in [0.25, 0.3) is 5.69 Å². The van der Waals surface area contributed by atoms with Crippen LogP contribution in [-0.4, -0.2) is 11.0 Å². The fraction of sp³-hybridized carbons (Fsp3) is 0.571. The summed E-state index contributed by atoms with van der Waals surface area (Å²) < 4.78 is 13.8. The molecule has 19 heavy (non-hydrogen) atoms. The number of benzene rings is 1. The quantitative estimate of drug-likeness (QED) is 0.508. The number of nitro groups is 1. The van der Waals surface area contributed by atoms with Crippen molar-refractivity contribution in [2.45, 2.75) is 45.1 Å². The zero-order chi connectivity index (χ0) is 13.8. The molecule has 104 valence electrons. The number of rotatable bonds is 3. The molecule has 1 saturated carbocycles. The SMILES string of the molecule is CC1CCCCCC1Nc1ccc([N+](=O)[O-])cc1F. The highest BCUT2D eigenvalue weighted by Gasteiger charge is 2.21. The van der Waals surface area contributed by atoms with E-state index in [0.717, 1.165) is 25.3 Å². The van der Waals surface area contributed by atoms with E-state index in [1.54, 1.807) is 0 Å². The molecule has 1 fully saturated rings. The Morgan fingerprint density at radius 1 is 1.32 bits per heavy atom. The van der Waals surface area contributed by atoms with Crippen LogP contribution in [0.15, 0.2) is 18.2 Å². The predicted molar refractivity (Wildman–Crippen MR) is 72.7 cm³/mol. The highest BCUT2D eigenvalue weighted by Crippen LogP contribution is 2.28. The van der Waals surface area contributed by atoms with E-state index in [9.17, 15) is 14.5 Å². The van der Waals surface area contributed by atoms with E-state index in [-0.39, 0.29) is 11.7 Å². The third-order valence-electron chi connectivity index (χ3n) is 3.87. The van der Waals surface area contributed by atoms with E-state index in [1.165, 1.54) is 25.0 Å². The molecule has 1 aliphatic rings. The van der Waals surface area contributed by atoms with Crippen molar-refractivity contribution in [2.24, 2.45) is 5.92 Å². The maximum atomic E-state index is 13.8. The van der Waals surface area contributed by atoms with Crippen LogP contribution in [0.5, 0.6) is 0 Å². The predicted octanol–water partition coefficient (Wildman–Crippen LogP) is 4.11. The normalized spacial score (nSPS) is 23.7. The molecular formula is C14H19FN2O2. The fourth-order valence-electron chi connectivity index (χ4n) is 2.64. The Morgan fingerprint density at radius 3 is 2.74 bits per heavy atom. The summed E-state index contributed by atoms with van der Waals surface area (Å²) in [7, 11) is 0. The highest BCUT2D eigenvalue weighted by molar-refractivity contribution is 5.50. The van der Waals surface area contributed by atoms with Crippen molar-refractivity contribution >= 4 is 11.4 Å². The van der Waals surface area contributed by atoms with E-state index in [2.05, 4.69) is 12.2 Å². The van der Waals surface area contributed by atoms with Crippen LogP contribution in [0.1, 0.15) is 39.0 Å². The van der Waals surface area contributed by atoms with Gasteiger partial charge in [0.1, 0.15) is 0 Å². The number of anilines is 1. The summed E-state index contributed by atoms with van der Waals surface area (Å²) in [6.45, 7) is 2.17. The Morgan fingerprint density at radius 2 is 2.05 bits per heavy atom. The number of hydrogen-bond acceptors (Lipinski definition) is 3. The van der Waals surface area contributed by atoms with Crippen molar-refractivity contribution in [3.63, 3.8) is 0 Å². The third kappa shape index (κ3) is 3.43. The van der Waals surface area contributed by atoms with Crippen molar-refractivity contribution in [2.75, 3.05) is 5.32 Å². The number of hydrogen-bond donors (Lipinski definition) is 1. The van der Waals surface area contributed by atoms with Crippen molar-refractivity contribution in [1.29, 1.82) is 0 Å². The van der Waals surface area contributed by atoms with Crippen molar-refractivity contribution < 1.29 is 9.31 Å². The Balaban J connectivity index is 2.11. The third-order valence-corrected chi connectivity index (χ3v) is 3.87. The Bertz CT molecular complexity index is 465. The molecule has 2 rings (SSSR count). The van der Waals surface area contributed by atoms with Crippen LogP contribution in [0.3, 0.4) is 0 Å². The van der Waals surface area contributed by atoms with Crippen LogP contribution in [0.2, 0.25) is 0 Å². The van der Waals surface area contributed by atoms with E-state index in [4.69, 9.17) is 0 Å². The maximum Gasteiger partial charge on any atom is 0.272 e. The van der Waals surface area contributed by atoms with Gasteiger partial charge in [0.15, 0.2) is 5.82 Å². The topological polar surface area (TPSA) is 55.2 Å². The van der Waals surface area contributed by atoms with Gasteiger partial charge in [-0.15, -0.1) is 0 Å².